The Balaban J connectivity index is 1.63. The van der Waals surface area contributed by atoms with E-state index in [0.29, 0.717) is 27.0 Å². The molecule has 4 aromatic rings. The number of hydrogen-bond acceptors (Lipinski definition) is 7. The highest BCUT2D eigenvalue weighted by molar-refractivity contribution is 7.17. The fraction of sp³-hybridized carbons (Fsp3) is 0.148. The predicted molar refractivity (Wildman–Crippen MR) is 139 cm³/mol. The van der Waals surface area contributed by atoms with E-state index < -0.39 is 23.5 Å². The number of aliphatic hydroxyl groups excluding tert-OH is 1. The van der Waals surface area contributed by atoms with Gasteiger partial charge in [0, 0.05) is 22.2 Å². The Bertz CT molecular complexity index is 1470. The number of aliphatic hydroxyl groups is 1. The van der Waals surface area contributed by atoms with Gasteiger partial charge in [-0.2, -0.15) is 0 Å². The Labute approximate surface area is 210 Å². The van der Waals surface area contributed by atoms with Crippen LogP contribution in [0, 0.1) is 13.8 Å². The van der Waals surface area contributed by atoms with Crippen LogP contribution in [0.2, 0.25) is 0 Å². The van der Waals surface area contributed by atoms with Crippen molar-refractivity contribution in [3.8, 4) is 16.3 Å². The molecule has 3 heterocycles. The van der Waals surface area contributed by atoms with E-state index in [-0.39, 0.29) is 5.57 Å². The summed E-state index contributed by atoms with van der Waals surface area (Å²) in [7, 11) is 1.55. The van der Waals surface area contributed by atoms with Gasteiger partial charge in [0.15, 0.2) is 5.76 Å². The number of aryl methyl sites for hydroxylation is 2. The van der Waals surface area contributed by atoms with Gasteiger partial charge in [0.2, 0.25) is 5.78 Å². The van der Waals surface area contributed by atoms with Gasteiger partial charge in [-0.15, -0.1) is 22.7 Å². The summed E-state index contributed by atoms with van der Waals surface area (Å²) in [6.45, 7) is 3.71. The van der Waals surface area contributed by atoms with Crippen LogP contribution < -0.4 is 9.64 Å². The van der Waals surface area contributed by atoms with Gasteiger partial charge in [0.1, 0.15) is 16.8 Å². The third kappa shape index (κ3) is 3.94. The Morgan fingerprint density at radius 3 is 2.54 bits per heavy atom. The van der Waals surface area contributed by atoms with E-state index in [1.165, 1.54) is 27.6 Å². The topological polar surface area (TPSA) is 79.7 Å². The summed E-state index contributed by atoms with van der Waals surface area (Å²) >= 11 is 2.71. The number of ketones is 1. The van der Waals surface area contributed by atoms with Crippen molar-refractivity contribution in [2.75, 3.05) is 12.0 Å². The zero-order valence-electron chi connectivity index (χ0n) is 19.3. The Kier molecular flexibility index (Phi) is 6.00. The lowest BCUT2D eigenvalue weighted by Crippen LogP contribution is -2.30. The van der Waals surface area contributed by atoms with Crippen molar-refractivity contribution in [1.29, 1.82) is 0 Å². The number of carbonyl (C=O) groups is 2. The molecule has 8 heteroatoms. The molecule has 0 saturated heterocycles. The third-order valence-corrected chi connectivity index (χ3v) is 8.23. The average molecular weight is 503 g/mol. The normalized spacial score (nSPS) is 15.7. The number of amides is 1. The molecular formula is C27H22N2O4S2. The fourth-order valence-corrected chi connectivity index (χ4v) is 6.26. The van der Waals surface area contributed by atoms with Gasteiger partial charge in [-0.25, -0.2) is 4.98 Å². The van der Waals surface area contributed by atoms with Crippen LogP contribution in [0.1, 0.15) is 31.8 Å². The highest BCUT2D eigenvalue weighted by atomic mass is 32.1. The second kappa shape index (κ2) is 9.13. The molecule has 6 nitrogen and oxygen atoms in total. The molecule has 0 fully saturated rings. The van der Waals surface area contributed by atoms with Crippen molar-refractivity contribution in [3.05, 3.63) is 98.4 Å². The summed E-state index contributed by atoms with van der Waals surface area (Å²) in [5.74, 6) is -0.979. The lowest BCUT2D eigenvalue weighted by Gasteiger charge is -2.26. The number of ether oxygens (including phenoxy) is 1. The number of benzene rings is 2. The molecule has 176 valence electrons. The first-order chi connectivity index (χ1) is 16.9. The molecule has 0 aliphatic carbocycles. The minimum atomic E-state index is -0.760. The summed E-state index contributed by atoms with van der Waals surface area (Å²) < 4.78 is 5.35. The maximum Gasteiger partial charge on any atom is 0.294 e. The monoisotopic (exact) mass is 502 g/mol. The standard InChI is InChI=1S/C27H22N2O4S2/c1-15-12-13-34-24(15)21-20(23(31)27(32)29(21)18-10-7-11-19(14-18)33-3)22(30)25-16(2)28-26(35-25)17-8-5-4-6-9-17/h4-14,21,31H,1-3H3. The van der Waals surface area contributed by atoms with Crippen molar-refractivity contribution in [3.63, 3.8) is 0 Å². The van der Waals surface area contributed by atoms with Gasteiger partial charge in [-0.1, -0.05) is 36.4 Å². The van der Waals surface area contributed by atoms with E-state index in [2.05, 4.69) is 4.98 Å². The maximum absolute atomic E-state index is 13.9. The number of carbonyl (C=O) groups excluding carboxylic acids is 2. The van der Waals surface area contributed by atoms with E-state index >= 15 is 0 Å². The van der Waals surface area contributed by atoms with E-state index in [0.717, 1.165) is 16.0 Å². The molecule has 1 N–H and O–H groups in total. The lowest BCUT2D eigenvalue weighted by molar-refractivity contribution is -0.117. The summed E-state index contributed by atoms with van der Waals surface area (Å²) in [5, 5.41) is 13.7. The second-order valence-electron chi connectivity index (χ2n) is 8.14. The smallest absolute Gasteiger partial charge is 0.294 e. The van der Waals surface area contributed by atoms with Crippen LogP contribution in [0.15, 0.2) is 77.4 Å². The summed E-state index contributed by atoms with van der Waals surface area (Å²) in [6.07, 6.45) is 0. The first kappa shape index (κ1) is 23.0. The molecular weight excluding hydrogens is 480 g/mol. The van der Waals surface area contributed by atoms with Crippen LogP contribution in [-0.4, -0.2) is 28.9 Å². The minimum absolute atomic E-state index is 0.0646. The summed E-state index contributed by atoms with van der Waals surface area (Å²) in [4.78, 5) is 34.6. The molecule has 2 aromatic carbocycles. The van der Waals surface area contributed by atoms with E-state index in [4.69, 9.17) is 4.74 Å². The van der Waals surface area contributed by atoms with Gasteiger partial charge in [-0.05, 0) is 43.0 Å². The molecule has 0 spiro atoms. The largest absolute Gasteiger partial charge is 0.503 e. The molecule has 1 unspecified atom stereocenters. The number of aromatic nitrogens is 1. The third-order valence-electron chi connectivity index (χ3n) is 5.96. The van der Waals surface area contributed by atoms with Crippen LogP contribution in [0.3, 0.4) is 0 Å². The molecule has 35 heavy (non-hydrogen) atoms. The minimum Gasteiger partial charge on any atom is -0.503 e. The van der Waals surface area contributed by atoms with Crippen molar-refractivity contribution in [2.45, 2.75) is 19.9 Å². The quantitative estimate of drug-likeness (QED) is 0.314. The number of anilines is 1. The van der Waals surface area contributed by atoms with Gasteiger partial charge in [0.05, 0.1) is 23.3 Å². The maximum atomic E-state index is 13.9. The fourth-order valence-electron chi connectivity index (χ4n) is 4.21. The van der Waals surface area contributed by atoms with Crippen molar-refractivity contribution in [1.82, 2.24) is 4.98 Å². The number of methoxy groups -OCH3 is 1. The highest BCUT2D eigenvalue weighted by Crippen LogP contribution is 2.46. The van der Waals surface area contributed by atoms with E-state index in [9.17, 15) is 14.7 Å². The van der Waals surface area contributed by atoms with Crippen LogP contribution in [-0.2, 0) is 4.79 Å². The van der Waals surface area contributed by atoms with Gasteiger partial charge in [-0.3, -0.25) is 14.5 Å². The molecule has 1 amide bonds. The van der Waals surface area contributed by atoms with Crippen LogP contribution in [0.5, 0.6) is 5.75 Å². The van der Waals surface area contributed by atoms with E-state index in [1.54, 1.807) is 38.3 Å². The first-order valence-electron chi connectivity index (χ1n) is 10.9. The average Bonchev–Trinajstić information content (AvgIpc) is 3.55. The zero-order valence-corrected chi connectivity index (χ0v) is 20.9. The molecule has 0 saturated carbocycles. The van der Waals surface area contributed by atoms with Crippen molar-refractivity contribution in [2.24, 2.45) is 0 Å². The molecule has 0 radical (unpaired) electrons. The molecule has 1 aliphatic rings. The first-order valence-corrected chi connectivity index (χ1v) is 12.6. The van der Waals surface area contributed by atoms with Crippen LogP contribution >= 0.6 is 22.7 Å². The zero-order chi connectivity index (χ0) is 24.7. The van der Waals surface area contributed by atoms with Gasteiger partial charge < -0.3 is 9.84 Å². The van der Waals surface area contributed by atoms with Gasteiger partial charge in [0.25, 0.3) is 5.91 Å². The Hall–Kier alpha value is -3.75. The number of nitrogens with zero attached hydrogens (tertiary/aromatic N) is 2. The molecule has 2 aromatic heterocycles. The lowest BCUT2D eigenvalue weighted by atomic mass is 9.98. The number of Topliss-reactive ketones (excluding diaryl/α,β-unsaturated/α-hetero) is 1. The number of thiophene rings is 1. The Morgan fingerprint density at radius 1 is 1.09 bits per heavy atom. The summed E-state index contributed by atoms with van der Waals surface area (Å²) in [5.41, 5.74) is 3.01. The number of thiazole rings is 1. The SMILES string of the molecule is COc1cccc(N2C(=O)C(O)=C(C(=O)c3sc(-c4ccccc4)nc3C)C2c2sccc2C)c1. The van der Waals surface area contributed by atoms with E-state index in [1.807, 2.05) is 48.7 Å². The molecule has 1 aliphatic heterocycles. The number of hydrogen-bond donors (Lipinski definition) is 1. The van der Waals surface area contributed by atoms with Crippen molar-refractivity contribution >= 4 is 40.1 Å². The van der Waals surface area contributed by atoms with Crippen LogP contribution in [0.4, 0.5) is 5.69 Å². The second-order valence-corrected chi connectivity index (χ2v) is 10.1. The number of rotatable bonds is 6. The van der Waals surface area contributed by atoms with Gasteiger partial charge >= 0.3 is 0 Å². The highest BCUT2D eigenvalue weighted by Gasteiger charge is 2.46. The van der Waals surface area contributed by atoms with Crippen molar-refractivity contribution < 1.29 is 19.4 Å². The summed E-state index contributed by atoms with van der Waals surface area (Å²) in [6, 6.07) is 17.8. The molecule has 0 bridgehead atoms. The Morgan fingerprint density at radius 2 is 1.86 bits per heavy atom. The predicted octanol–water partition coefficient (Wildman–Crippen LogP) is 6.28. The molecule has 1 atom stereocenters. The molecule has 5 rings (SSSR count). The van der Waals surface area contributed by atoms with Crippen LogP contribution in [0.25, 0.3) is 10.6 Å².